The molecule has 0 amide bonds. The molecule has 0 spiro atoms. The Labute approximate surface area is 199 Å². The van der Waals surface area contributed by atoms with E-state index in [-0.39, 0.29) is 0 Å². The average molecular weight is 450 g/mol. The van der Waals surface area contributed by atoms with Crippen LogP contribution in [0.5, 0.6) is 0 Å². The van der Waals surface area contributed by atoms with Crippen LogP contribution in [0.15, 0.2) is 42.0 Å². The maximum atomic E-state index is 9.32. The number of rotatable bonds is 4. The summed E-state index contributed by atoms with van der Waals surface area (Å²) in [4.78, 5) is 13.8. The number of anilines is 3. The molecule has 2 atom stereocenters. The summed E-state index contributed by atoms with van der Waals surface area (Å²) in [5.74, 6) is 2.00. The van der Waals surface area contributed by atoms with Crippen LogP contribution in [0.1, 0.15) is 49.1 Å². The summed E-state index contributed by atoms with van der Waals surface area (Å²) in [7, 11) is 0. The number of nitrogens with two attached hydrogens (primary N) is 1. The molecular weight excluding hydrogens is 422 g/mol. The molecule has 3 aromatic rings. The number of nitrogen functional groups attached to an aromatic ring is 1. The molecule has 0 fully saturated rings. The molecule has 34 heavy (non-hydrogen) atoms. The summed E-state index contributed by atoms with van der Waals surface area (Å²) >= 11 is 0. The van der Waals surface area contributed by atoms with Crippen LogP contribution in [0.4, 0.5) is 17.6 Å². The highest BCUT2D eigenvalue weighted by Gasteiger charge is 2.26. The molecule has 1 aliphatic rings. The van der Waals surface area contributed by atoms with Crippen LogP contribution < -0.4 is 11.1 Å². The molecule has 7 heteroatoms. The van der Waals surface area contributed by atoms with Crippen molar-refractivity contribution in [2.45, 2.75) is 40.5 Å². The predicted molar refractivity (Wildman–Crippen MR) is 135 cm³/mol. The van der Waals surface area contributed by atoms with Crippen molar-refractivity contribution >= 4 is 34.1 Å². The number of hydrogen-bond donors (Lipinski definition) is 2. The summed E-state index contributed by atoms with van der Waals surface area (Å²) in [6.07, 6.45) is 5.48. The standard InChI is InChI=1S/C27H27N7/c1-15-13-23(31-18(4)22(15)14-29)32-27-33-25-20(8-5-9-21(25)26(30)34-27)24-16(2)11-19(7-6-10-28)12-17(24)3/h5-9,13,16,19H,11-12H2,1-4H3,(H3,30,31,32,33,34)/b7-6+. The molecule has 0 saturated heterocycles. The molecule has 170 valence electrons. The summed E-state index contributed by atoms with van der Waals surface area (Å²) in [6, 6.07) is 12.1. The van der Waals surface area contributed by atoms with Crippen molar-refractivity contribution in [2.24, 2.45) is 11.8 Å². The van der Waals surface area contributed by atoms with Crippen molar-refractivity contribution < 1.29 is 0 Å². The van der Waals surface area contributed by atoms with E-state index in [1.165, 1.54) is 11.1 Å². The topological polar surface area (TPSA) is 124 Å². The lowest BCUT2D eigenvalue weighted by Gasteiger charge is -2.30. The zero-order valence-electron chi connectivity index (χ0n) is 19.8. The van der Waals surface area contributed by atoms with Crippen LogP contribution in [0.25, 0.3) is 16.5 Å². The van der Waals surface area contributed by atoms with E-state index >= 15 is 0 Å². The van der Waals surface area contributed by atoms with Gasteiger partial charge in [-0.05, 0) is 68.7 Å². The zero-order chi connectivity index (χ0) is 24.4. The molecular formula is C27H27N7. The number of nitrogens with one attached hydrogen (secondary N) is 1. The normalized spacial score (nSPS) is 18.2. The first-order chi connectivity index (χ1) is 16.3. The van der Waals surface area contributed by atoms with Gasteiger partial charge in [0.1, 0.15) is 17.7 Å². The third kappa shape index (κ3) is 4.33. The lowest BCUT2D eigenvalue weighted by Crippen LogP contribution is -2.15. The monoisotopic (exact) mass is 449 g/mol. The average Bonchev–Trinajstić information content (AvgIpc) is 2.77. The number of pyridine rings is 1. The number of allylic oxidation sites excluding steroid dienone is 4. The van der Waals surface area contributed by atoms with Gasteiger partial charge in [-0.3, -0.25) is 0 Å². The van der Waals surface area contributed by atoms with Crippen molar-refractivity contribution in [3.05, 3.63) is 64.4 Å². The van der Waals surface area contributed by atoms with Gasteiger partial charge in [0.25, 0.3) is 0 Å². The molecule has 0 saturated carbocycles. The number of fused-ring (bicyclic) bond motifs is 1. The van der Waals surface area contributed by atoms with Gasteiger partial charge in [0, 0.05) is 17.0 Å². The number of nitrogens with zero attached hydrogens (tertiary/aromatic N) is 5. The minimum atomic E-state index is 0.311. The number of nitriles is 2. The van der Waals surface area contributed by atoms with E-state index in [0.717, 1.165) is 34.9 Å². The molecule has 3 N–H and O–H groups in total. The van der Waals surface area contributed by atoms with E-state index in [0.29, 0.717) is 40.7 Å². The van der Waals surface area contributed by atoms with Crippen molar-refractivity contribution in [1.29, 1.82) is 10.5 Å². The summed E-state index contributed by atoms with van der Waals surface area (Å²) in [5.41, 5.74) is 12.8. The molecule has 0 bridgehead atoms. The second-order valence-corrected chi connectivity index (χ2v) is 8.94. The van der Waals surface area contributed by atoms with Gasteiger partial charge < -0.3 is 11.1 Å². The fraction of sp³-hybridized carbons (Fsp3) is 0.296. The van der Waals surface area contributed by atoms with Gasteiger partial charge >= 0.3 is 0 Å². The van der Waals surface area contributed by atoms with Gasteiger partial charge in [0.05, 0.1) is 22.8 Å². The second kappa shape index (κ2) is 9.33. The van der Waals surface area contributed by atoms with Crippen LogP contribution in [-0.4, -0.2) is 15.0 Å². The molecule has 4 rings (SSSR count). The number of aryl methyl sites for hydroxylation is 2. The molecule has 2 aromatic heterocycles. The van der Waals surface area contributed by atoms with E-state index in [1.807, 2.05) is 38.1 Å². The molecule has 0 radical (unpaired) electrons. The van der Waals surface area contributed by atoms with Crippen LogP contribution in [0.3, 0.4) is 0 Å². The number of hydrogen-bond acceptors (Lipinski definition) is 7. The second-order valence-electron chi connectivity index (χ2n) is 8.94. The smallest absolute Gasteiger partial charge is 0.230 e. The van der Waals surface area contributed by atoms with Crippen molar-refractivity contribution in [3.63, 3.8) is 0 Å². The van der Waals surface area contributed by atoms with Gasteiger partial charge in [-0.25, -0.2) is 9.97 Å². The molecule has 1 aromatic carbocycles. The number of benzene rings is 1. The van der Waals surface area contributed by atoms with E-state index in [1.54, 1.807) is 6.08 Å². The number of aromatic nitrogens is 3. The van der Waals surface area contributed by atoms with Crippen molar-refractivity contribution in [2.75, 3.05) is 11.1 Å². The third-order valence-electron chi connectivity index (χ3n) is 6.42. The molecule has 2 unspecified atom stereocenters. The summed E-state index contributed by atoms with van der Waals surface area (Å²) in [5, 5.41) is 22.2. The first kappa shape index (κ1) is 22.9. The van der Waals surface area contributed by atoms with E-state index in [2.05, 4.69) is 47.3 Å². The van der Waals surface area contributed by atoms with Crippen LogP contribution in [0, 0.1) is 48.3 Å². The first-order valence-electron chi connectivity index (χ1n) is 11.3. The minimum absolute atomic E-state index is 0.311. The van der Waals surface area contributed by atoms with Gasteiger partial charge in [-0.2, -0.15) is 15.5 Å². The maximum Gasteiger partial charge on any atom is 0.230 e. The van der Waals surface area contributed by atoms with Gasteiger partial charge in [-0.1, -0.05) is 30.7 Å². The fourth-order valence-electron chi connectivity index (χ4n) is 5.03. The Hall–Kier alpha value is -4.23. The minimum Gasteiger partial charge on any atom is -0.383 e. The highest BCUT2D eigenvalue weighted by Crippen LogP contribution is 2.42. The lowest BCUT2D eigenvalue weighted by molar-refractivity contribution is 0.488. The highest BCUT2D eigenvalue weighted by atomic mass is 15.2. The largest absolute Gasteiger partial charge is 0.383 e. The maximum absolute atomic E-state index is 9.32. The Morgan fingerprint density at radius 3 is 2.62 bits per heavy atom. The van der Waals surface area contributed by atoms with Gasteiger partial charge in [0.2, 0.25) is 5.95 Å². The summed E-state index contributed by atoms with van der Waals surface area (Å²) in [6.45, 7) is 8.07. The zero-order valence-corrected chi connectivity index (χ0v) is 19.8. The van der Waals surface area contributed by atoms with E-state index in [4.69, 9.17) is 16.0 Å². The third-order valence-corrected chi connectivity index (χ3v) is 6.42. The Morgan fingerprint density at radius 1 is 1.15 bits per heavy atom. The predicted octanol–water partition coefficient (Wildman–Crippen LogP) is 5.74. The van der Waals surface area contributed by atoms with Crippen LogP contribution in [-0.2, 0) is 0 Å². The van der Waals surface area contributed by atoms with Crippen molar-refractivity contribution in [3.8, 4) is 12.1 Å². The fourth-order valence-corrected chi connectivity index (χ4v) is 5.03. The van der Waals surface area contributed by atoms with Crippen LogP contribution in [0.2, 0.25) is 0 Å². The Kier molecular flexibility index (Phi) is 6.30. The Morgan fingerprint density at radius 2 is 1.94 bits per heavy atom. The van der Waals surface area contributed by atoms with E-state index in [9.17, 15) is 5.26 Å². The number of para-hydroxylation sites is 1. The van der Waals surface area contributed by atoms with Gasteiger partial charge in [0.15, 0.2) is 0 Å². The lowest BCUT2D eigenvalue weighted by atomic mass is 9.75. The van der Waals surface area contributed by atoms with Gasteiger partial charge in [-0.15, -0.1) is 0 Å². The quantitative estimate of drug-likeness (QED) is 0.487. The van der Waals surface area contributed by atoms with E-state index < -0.39 is 0 Å². The van der Waals surface area contributed by atoms with Crippen LogP contribution >= 0.6 is 0 Å². The molecule has 0 aliphatic heterocycles. The molecule has 2 heterocycles. The Balaban J connectivity index is 1.79. The van der Waals surface area contributed by atoms with Crippen molar-refractivity contribution in [1.82, 2.24) is 15.0 Å². The Bertz CT molecular complexity index is 1400. The highest BCUT2D eigenvalue weighted by molar-refractivity contribution is 5.97. The first-order valence-corrected chi connectivity index (χ1v) is 11.3. The SMILES string of the molecule is CC1=C(c2cccc3c(N)nc(Nc4cc(C)c(C#N)c(C)n4)nc23)C(C)CC(/C=C/C#N)C1. The molecule has 1 aliphatic carbocycles. The molecule has 7 nitrogen and oxygen atoms in total. The summed E-state index contributed by atoms with van der Waals surface area (Å²) < 4.78 is 0.